The molecule has 11 heavy (non-hydrogen) atoms. The summed E-state index contributed by atoms with van der Waals surface area (Å²) >= 11 is 0. The molecule has 0 aliphatic carbocycles. The lowest BCUT2D eigenvalue weighted by Gasteiger charge is -2.25. The molecule has 0 radical (unpaired) electrons. The minimum absolute atomic E-state index is 0.00750. The van der Waals surface area contributed by atoms with Crippen molar-refractivity contribution in [2.75, 3.05) is 13.1 Å². The highest BCUT2D eigenvalue weighted by Gasteiger charge is 2.19. The van der Waals surface area contributed by atoms with Gasteiger partial charge in [-0.15, -0.1) is 0 Å². The number of hydrogen-bond donors (Lipinski definition) is 1. The van der Waals surface area contributed by atoms with E-state index in [2.05, 4.69) is 0 Å². The van der Waals surface area contributed by atoms with E-state index in [9.17, 15) is 4.79 Å². The molecule has 4 nitrogen and oxygen atoms in total. The lowest BCUT2D eigenvalue weighted by Crippen LogP contribution is -2.49. The highest BCUT2D eigenvalue weighted by Crippen LogP contribution is 2.08. The van der Waals surface area contributed by atoms with Crippen LogP contribution in [0, 0.1) is 0 Å². The maximum Gasteiger partial charge on any atom is 0.251 e. The maximum absolute atomic E-state index is 11.1. The second-order valence-corrected chi connectivity index (χ2v) is 2.75. The fourth-order valence-corrected chi connectivity index (χ4v) is 1.24. The first-order valence-corrected chi connectivity index (χ1v) is 4.08. The molecule has 1 saturated heterocycles. The molecule has 0 atom stereocenters. The molecule has 1 fully saturated rings. The zero-order valence-corrected chi connectivity index (χ0v) is 6.92. The molecular formula is C7H15N3O. The van der Waals surface area contributed by atoms with Gasteiger partial charge in [0.15, 0.2) is 0 Å². The molecule has 1 heterocycles. The third-order valence-corrected chi connectivity index (χ3v) is 1.95. The van der Waals surface area contributed by atoms with Gasteiger partial charge < -0.3 is 0 Å². The van der Waals surface area contributed by atoms with Crippen LogP contribution < -0.4 is 5.84 Å². The number of hydrazine groups is 2. The van der Waals surface area contributed by atoms with Crippen LogP contribution in [0.5, 0.6) is 0 Å². The molecule has 1 rings (SSSR count). The molecule has 2 N–H and O–H groups in total. The average molecular weight is 157 g/mol. The first kappa shape index (κ1) is 8.49. The van der Waals surface area contributed by atoms with Crippen LogP contribution in [0.3, 0.4) is 0 Å². The highest BCUT2D eigenvalue weighted by atomic mass is 16.2. The molecule has 64 valence electrons. The van der Waals surface area contributed by atoms with Gasteiger partial charge in [-0.05, 0) is 12.8 Å². The van der Waals surface area contributed by atoms with E-state index in [0.29, 0.717) is 6.42 Å². The highest BCUT2D eigenvalue weighted by molar-refractivity contribution is 5.74. The van der Waals surface area contributed by atoms with Gasteiger partial charge >= 0.3 is 0 Å². The third-order valence-electron chi connectivity index (χ3n) is 1.95. The summed E-state index contributed by atoms with van der Waals surface area (Å²) in [6.07, 6.45) is 2.77. The van der Waals surface area contributed by atoms with Crippen molar-refractivity contribution in [2.45, 2.75) is 26.2 Å². The summed E-state index contributed by atoms with van der Waals surface area (Å²) in [5.74, 6) is 5.54. The van der Waals surface area contributed by atoms with Crippen molar-refractivity contribution >= 4 is 5.91 Å². The topological polar surface area (TPSA) is 49.6 Å². The predicted molar refractivity (Wildman–Crippen MR) is 42.1 cm³/mol. The van der Waals surface area contributed by atoms with Gasteiger partial charge in [-0.1, -0.05) is 6.92 Å². The molecule has 0 aromatic heterocycles. The Hall–Kier alpha value is -0.610. The molecule has 0 unspecified atom stereocenters. The normalized spacial score (nSPS) is 18.7. The van der Waals surface area contributed by atoms with Gasteiger partial charge in [0.1, 0.15) is 0 Å². The van der Waals surface area contributed by atoms with Gasteiger partial charge in [0.25, 0.3) is 5.91 Å². The first-order chi connectivity index (χ1) is 5.25. The zero-order chi connectivity index (χ0) is 8.27. The van der Waals surface area contributed by atoms with Crippen LogP contribution in [0.4, 0.5) is 0 Å². The van der Waals surface area contributed by atoms with Crippen LogP contribution in [0.1, 0.15) is 26.2 Å². The molecule has 4 heteroatoms. The SMILES string of the molecule is CCC(=O)N(N)N1CCCC1. The Balaban J connectivity index is 2.39. The Bertz CT molecular complexity index is 143. The van der Waals surface area contributed by atoms with E-state index in [1.807, 2.05) is 11.9 Å². The van der Waals surface area contributed by atoms with E-state index in [4.69, 9.17) is 5.84 Å². The van der Waals surface area contributed by atoms with Gasteiger partial charge in [0, 0.05) is 19.5 Å². The molecule has 0 aromatic carbocycles. The van der Waals surface area contributed by atoms with Gasteiger partial charge in [-0.25, -0.2) is 16.0 Å². The smallest absolute Gasteiger partial charge is 0.251 e. The van der Waals surface area contributed by atoms with Crippen LogP contribution >= 0.6 is 0 Å². The Morgan fingerprint density at radius 2 is 2.09 bits per heavy atom. The van der Waals surface area contributed by atoms with Gasteiger partial charge in [-0.2, -0.15) is 0 Å². The van der Waals surface area contributed by atoms with Crippen LogP contribution in [0.2, 0.25) is 0 Å². The maximum atomic E-state index is 11.1. The summed E-state index contributed by atoms with van der Waals surface area (Å²) in [5.41, 5.74) is 0. The fourth-order valence-electron chi connectivity index (χ4n) is 1.24. The Morgan fingerprint density at radius 3 is 2.55 bits per heavy atom. The van der Waals surface area contributed by atoms with Crippen LogP contribution in [0.25, 0.3) is 0 Å². The number of rotatable bonds is 2. The van der Waals surface area contributed by atoms with E-state index in [-0.39, 0.29) is 5.91 Å². The van der Waals surface area contributed by atoms with Gasteiger partial charge in [0.2, 0.25) is 0 Å². The van der Waals surface area contributed by atoms with Crippen molar-refractivity contribution in [1.29, 1.82) is 0 Å². The molecule has 0 spiro atoms. The van der Waals surface area contributed by atoms with Gasteiger partial charge in [0.05, 0.1) is 0 Å². The Kier molecular flexibility index (Phi) is 2.84. The Morgan fingerprint density at radius 1 is 1.55 bits per heavy atom. The summed E-state index contributed by atoms with van der Waals surface area (Å²) < 4.78 is 0. The van der Waals surface area contributed by atoms with Crippen molar-refractivity contribution in [1.82, 2.24) is 10.1 Å². The summed E-state index contributed by atoms with van der Waals surface area (Å²) in [5, 5.41) is 3.15. The summed E-state index contributed by atoms with van der Waals surface area (Å²) in [7, 11) is 0. The van der Waals surface area contributed by atoms with Crippen molar-refractivity contribution < 1.29 is 4.79 Å². The zero-order valence-electron chi connectivity index (χ0n) is 6.92. The monoisotopic (exact) mass is 157 g/mol. The molecule has 0 saturated carbocycles. The molecule has 1 aliphatic heterocycles. The van der Waals surface area contributed by atoms with E-state index >= 15 is 0 Å². The number of carbonyl (C=O) groups is 1. The van der Waals surface area contributed by atoms with Crippen molar-refractivity contribution in [3.63, 3.8) is 0 Å². The summed E-state index contributed by atoms with van der Waals surface area (Å²) in [6.45, 7) is 3.66. The molecule has 1 amide bonds. The van der Waals surface area contributed by atoms with Gasteiger partial charge in [-0.3, -0.25) is 4.79 Å². The van der Waals surface area contributed by atoms with E-state index in [1.165, 1.54) is 5.12 Å². The van der Waals surface area contributed by atoms with Crippen LogP contribution in [-0.4, -0.2) is 29.1 Å². The van der Waals surface area contributed by atoms with E-state index < -0.39 is 0 Å². The Labute approximate surface area is 66.9 Å². The molecular weight excluding hydrogens is 142 g/mol. The summed E-state index contributed by atoms with van der Waals surface area (Å²) in [6, 6.07) is 0. The number of amides is 1. The predicted octanol–water partition coefficient (Wildman–Crippen LogP) is 0.109. The van der Waals surface area contributed by atoms with Crippen LogP contribution in [0.15, 0.2) is 0 Å². The van der Waals surface area contributed by atoms with Crippen molar-refractivity contribution in [2.24, 2.45) is 5.84 Å². The first-order valence-electron chi connectivity index (χ1n) is 4.08. The lowest BCUT2D eigenvalue weighted by molar-refractivity contribution is -0.147. The second kappa shape index (κ2) is 3.69. The quantitative estimate of drug-likeness (QED) is 0.351. The number of carbonyl (C=O) groups excluding carboxylic acids is 1. The second-order valence-electron chi connectivity index (χ2n) is 2.75. The molecule has 1 aliphatic rings. The largest absolute Gasteiger partial charge is 0.272 e. The molecule has 0 aromatic rings. The average Bonchev–Trinajstić information content (AvgIpc) is 2.53. The summed E-state index contributed by atoms with van der Waals surface area (Å²) in [4.78, 5) is 11.1. The third kappa shape index (κ3) is 1.91. The van der Waals surface area contributed by atoms with Crippen molar-refractivity contribution in [3.05, 3.63) is 0 Å². The fraction of sp³-hybridized carbons (Fsp3) is 0.857. The number of nitrogens with zero attached hydrogens (tertiary/aromatic N) is 2. The van der Waals surface area contributed by atoms with E-state index in [1.54, 1.807) is 0 Å². The molecule has 0 bridgehead atoms. The minimum Gasteiger partial charge on any atom is -0.272 e. The van der Waals surface area contributed by atoms with Crippen molar-refractivity contribution in [3.8, 4) is 0 Å². The standard InChI is InChI=1S/C7H15N3O/c1-2-7(11)10(8)9-5-3-4-6-9/h2-6,8H2,1H3. The number of hydrogen-bond acceptors (Lipinski definition) is 3. The minimum atomic E-state index is -0.00750. The van der Waals surface area contributed by atoms with E-state index in [0.717, 1.165) is 25.9 Å². The number of nitrogens with two attached hydrogens (primary N) is 1. The lowest BCUT2D eigenvalue weighted by atomic mass is 10.4. The van der Waals surface area contributed by atoms with Crippen LogP contribution in [-0.2, 0) is 4.79 Å².